The molecule has 1 atom stereocenters. The molecule has 1 aromatic heterocycles. The average Bonchev–Trinajstić information content (AvgIpc) is 2.88. The minimum absolute atomic E-state index is 0.0308. The maximum absolute atomic E-state index is 11.8. The summed E-state index contributed by atoms with van der Waals surface area (Å²) < 4.78 is 6.05. The predicted molar refractivity (Wildman–Crippen MR) is 81.4 cm³/mol. The Balaban J connectivity index is 2.13. The SMILES string of the molecule is CCN(CCO)CC(O)Cn1c(-c2ccccc2)noc1=O. The molecule has 0 saturated carbocycles. The second kappa shape index (κ2) is 7.88. The standard InChI is InChI=1S/C15H21N3O4/c1-2-17(8-9-19)10-13(20)11-18-14(16-22-15(18)21)12-6-4-3-5-7-12/h3-7,13,19-20H,2,8-11H2,1H3. The quantitative estimate of drug-likeness (QED) is 0.723. The van der Waals surface area contributed by atoms with Crippen LogP contribution in [0.15, 0.2) is 39.6 Å². The summed E-state index contributed by atoms with van der Waals surface area (Å²) in [6, 6.07) is 9.20. The Hall–Kier alpha value is -1.96. The third-order valence-electron chi connectivity index (χ3n) is 3.44. The third-order valence-corrected chi connectivity index (χ3v) is 3.44. The molecule has 1 heterocycles. The van der Waals surface area contributed by atoms with Gasteiger partial charge in [-0.1, -0.05) is 42.4 Å². The van der Waals surface area contributed by atoms with Crippen molar-refractivity contribution < 1.29 is 14.7 Å². The Kier molecular flexibility index (Phi) is 5.88. The summed E-state index contributed by atoms with van der Waals surface area (Å²) >= 11 is 0. The van der Waals surface area contributed by atoms with Gasteiger partial charge in [0.05, 0.1) is 19.3 Å². The molecule has 0 amide bonds. The van der Waals surface area contributed by atoms with Crippen LogP contribution in [0.25, 0.3) is 11.4 Å². The Morgan fingerprint density at radius 2 is 2.09 bits per heavy atom. The number of aliphatic hydroxyl groups is 2. The van der Waals surface area contributed by atoms with E-state index >= 15 is 0 Å². The molecule has 7 heteroatoms. The number of benzene rings is 1. The summed E-state index contributed by atoms with van der Waals surface area (Å²) in [5.41, 5.74) is 0.753. The summed E-state index contributed by atoms with van der Waals surface area (Å²) in [7, 11) is 0. The lowest BCUT2D eigenvalue weighted by Gasteiger charge is -2.22. The van der Waals surface area contributed by atoms with Crippen molar-refractivity contribution in [3.05, 3.63) is 40.9 Å². The van der Waals surface area contributed by atoms with E-state index in [1.54, 1.807) is 0 Å². The molecule has 0 fully saturated rings. The molecule has 22 heavy (non-hydrogen) atoms. The molecule has 2 N–H and O–H groups in total. The van der Waals surface area contributed by atoms with E-state index in [9.17, 15) is 9.90 Å². The van der Waals surface area contributed by atoms with Crippen molar-refractivity contribution in [3.63, 3.8) is 0 Å². The molecule has 7 nitrogen and oxygen atoms in total. The van der Waals surface area contributed by atoms with E-state index in [1.807, 2.05) is 42.2 Å². The largest absolute Gasteiger partial charge is 0.441 e. The van der Waals surface area contributed by atoms with E-state index in [0.717, 1.165) is 5.56 Å². The van der Waals surface area contributed by atoms with E-state index in [2.05, 4.69) is 5.16 Å². The van der Waals surface area contributed by atoms with Crippen LogP contribution in [0.2, 0.25) is 0 Å². The molecule has 0 spiro atoms. The number of hydrogen-bond donors (Lipinski definition) is 2. The first kappa shape index (κ1) is 16.4. The monoisotopic (exact) mass is 307 g/mol. The number of aliphatic hydroxyl groups excluding tert-OH is 2. The van der Waals surface area contributed by atoms with Crippen molar-refractivity contribution in [2.75, 3.05) is 26.2 Å². The lowest BCUT2D eigenvalue weighted by Crippen LogP contribution is -2.37. The number of hydrogen-bond acceptors (Lipinski definition) is 6. The summed E-state index contributed by atoms with van der Waals surface area (Å²) in [6.07, 6.45) is -0.758. The molecular formula is C15H21N3O4. The number of rotatable bonds is 8. The van der Waals surface area contributed by atoms with Crippen molar-refractivity contribution >= 4 is 0 Å². The lowest BCUT2D eigenvalue weighted by molar-refractivity contribution is 0.0891. The van der Waals surface area contributed by atoms with Crippen molar-refractivity contribution in [2.45, 2.75) is 19.6 Å². The summed E-state index contributed by atoms with van der Waals surface area (Å²) in [5.74, 6) is -0.196. The van der Waals surface area contributed by atoms with Crippen molar-refractivity contribution in [2.24, 2.45) is 0 Å². The Bertz CT molecular complexity index is 623. The van der Waals surface area contributed by atoms with Gasteiger partial charge in [0, 0.05) is 18.7 Å². The molecule has 120 valence electrons. The molecule has 1 unspecified atom stereocenters. The fourth-order valence-corrected chi connectivity index (χ4v) is 2.31. The van der Waals surface area contributed by atoms with Gasteiger partial charge in [0.25, 0.3) is 0 Å². The van der Waals surface area contributed by atoms with Crippen molar-refractivity contribution in [1.82, 2.24) is 14.6 Å². The first-order valence-corrected chi connectivity index (χ1v) is 7.29. The van der Waals surface area contributed by atoms with Crippen LogP contribution in [0.4, 0.5) is 0 Å². The normalized spacial score (nSPS) is 12.7. The van der Waals surface area contributed by atoms with Gasteiger partial charge in [0.2, 0.25) is 0 Å². The highest BCUT2D eigenvalue weighted by molar-refractivity contribution is 5.54. The first-order valence-electron chi connectivity index (χ1n) is 7.29. The molecule has 0 radical (unpaired) electrons. The predicted octanol–water partition coefficient (Wildman–Crippen LogP) is 0.178. The minimum atomic E-state index is -0.758. The summed E-state index contributed by atoms with van der Waals surface area (Å²) in [6.45, 7) is 3.63. The average molecular weight is 307 g/mol. The third kappa shape index (κ3) is 4.03. The van der Waals surface area contributed by atoms with Crippen LogP contribution >= 0.6 is 0 Å². The molecule has 0 aliphatic carbocycles. The zero-order valence-corrected chi connectivity index (χ0v) is 12.6. The fourth-order valence-electron chi connectivity index (χ4n) is 2.31. The molecule has 2 aromatic rings. The highest BCUT2D eigenvalue weighted by Gasteiger charge is 2.17. The van der Waals surface area contributed by atoms with Crippen LogP contribution in [-0.2, 0) is 6.54 Å². The van der Waals surface area contributed by atoms with Gasteiger partial charge in [-0.3, -0.25) is 14.0 Å². The van der Waals surface area contributed by atoms with Gasteiger partial charge in [-0.2, -0.15) is 0 Å². The summed E-state index contributed by atoms with van der Waals surface area (Å²) in [5, 5.41) is 22.9. The second-order valence-corrected chi connectivity index (χ2v) is 5.02. The maximum Gasteiger partial charge on any atom is 0.441 e. The van der Waals surface area contributed by atoms with Gasteiger partial charge >= 0.3 is 5.76 Å². The molecule has 0 saturated heterocycles. The van der Waals surface area contributed by atoms with Crippen LogP contribution in [0.3, 0.4) is 0 Å². The van der Waals surface area contributed by atoms with Gasteiger partial charge in [-0.05, 0) is 6.54 Å². The van der Waals surface area contributed by atoms with Gasteiger partial charge in [-0.15, -0.1) is 0 Å². The zero-order valence-electron chi connectivity index (χ0n) is 12.6. The van der Waals surface area contributed by atoms with Gasteiger partial charge in [0.15, 0.2) is 5.82 Å². The smallest absolute Gasteiger partial charge is 0.395 e. The Morgan fingerprint density at radius 1 is 1.36 bits per heavy atom. The van der Waals surface area contributed by atoms with Crippen molar-refractivity contribution in [1.29, 1.82) is 0 Å². The fraction of sp³-hybridized carbons (Fsp3) is 0.467. The van der Waals surface area contributed by atoms with Gasteiger partial charge < -0.3 is 10.2 Å². The first-order chi connectivity index (χ1) is 10.7. The highest BCUT2D eigenvalue weighted by Crippen LogP contribution is 2.15. The van der Waals surface area contributed by atoms with Crippen LogP contribution < -0.4 is 5.76 Å². The maximum atomic E-state index is 11.8. The molecule has 1 aromatic carbocycles. The van der Waals surface area contributed by atoms with E-state index in [-0.39, 0.29) is 13.2 Å². The number of likely N-dealkylation sites (N-methyl/N-ethyl adjacent to an activating group) is 1. The van der Waals surface area contributed by atoms with E-state index < -0.39 is 11.9 Å². The van der Waals surface area contributed by atoms with Crippen LogP contribution in [-0.4, -0.2) is 57.2 Å². The minimum Gasteiger partial charge on any atom is -0.395 e. The molecule has 0 aliphatic heterocycles. The number of nitrogens with zero attached hydrogens (tertiary/aromatic N) is 3. The lowest BCUT2D eigenvalue weighted by atomic mass is 10.2. The topological polar surface area (TPSA) is 91.7 Å². The van der Waals surface area contributed by atoms with Crippen LogP contribution in [0.1, 0.15) is 6.92 Å². The van der Waals surface area contributed by atoms with Crippen molar-refractivity contribution in [3.8, 4) is 11.4 Å². The van der Waals surface area contributed by atoms with E-state index in [0.29, 0.717) is 25.5 Å². The van der Waals surface area contributed by atoms with E-state index in [4.69, 9.17) is 9.63 Å². The zero-order chi connectivity index (χ0) is 15.9. The second-order valence-electron chi connectivity index (χ2n) is 5.02. The Morgan fingerprint density at radius 3 is 2.73 bits per heavy atom. The number of aromatic nitrogens is 2. The molecule has 2 rings (SSSR count). The molecular weight excluding hydrogens is 286 g/mol. The Labute approximate surface area is 128 Å². The van der Waals surface area contributed by atoms with Gasteiger partial charge in [-0.25, -0.2) is 4.79 Å². The van der Waals surface area contributed by atoms with Gasteiger partial charge in [0.1, 0.15) is 0 Å². The van der Waals surface area contributed by atoms with Crippen LogP contribution in [0.5, 0.6) is 0 Å². The van der Waals surface area contributed by atoms with E-state index in [1.165, 1.54) is 4.57 Å². The molecule has 0 bridgehead atoms. The van der Waals surface area contributed by atoms with Crippen LogP contribution in [0, 0.1) is 0 Å². The summed E-state index contributed by atoms with van der Waals surface area (Å²) in [4.78, 5) is 13.7. The molecule has 0 aliphatic rings. The highest BCUT2D eigenvalue weighted by atomic mass is 16.5.